The average Bonchev–Trinajstić information content (AvgIpc) is 2.45. The number of carbonyl (C=O) groups is 1. The number of hydrogen-bond donors (Lipinski definition) is 1. The molecule has 1 aromatic heterocycles. The van der Waals surface area contributed by atoms with Crippen LogP contribution in [0.15, 0.2) is 24.3 Å². The molecule has 0 atom stereocenters. The maximum Gasteiger partial charge on any atom is 0.304 e. The number of benzene rings is 1. The fraction of sp³-hybridized carbons (Fsp3) is 0.429. The van der Waals surface area contributed by atoms with Crippen LogP contribution in [0.3, 0.4) is 0 Å². The molecule has 1 heterocycles. The van der Waals surface area contributed by atoms with Crippen LogP contribution in [0.5, 0.6) is 0 Å². The molecule has 0 spiro atoms. The molecule has 0 unspecified atom stereocenters. The third kappa shape index (κ3) is 3.97. The number of rotatable bonds is 5. The largest absolute Gasteiger partial charge is 0.304 e. The zero-order chi connectivity index (χ0) is 16.4. The molecule has 22 heavy (non-hydrogen) atoms. The van der Waals surface area contributed by atoms with Gasteiger partial charge in [-0.25, -0.2) is 18.1 Å². The van der Waals surface area contributed by atoms with Gasteiger partial charge in [0.2, 0.25) is 15.8 Å². The summed E-state index contributed by atoms with van der Waals surface area (Å²) in [5, 5.41) is 7.52. The molecule has 0 bridgehead atoms. The van der Waals surface area contributed by atoms with E-state index in [1.165, 1.54) is 0 Å². The molecule has 0 saturated heterocycles. The summed E-state index contributed by atoms with van der Waals surface area (Å²) in [5.41, 5.74) is 0.595. The van der Waals surface area contributed by atoms with Gasteiger partial charge in [-0.2, -0.15) is 0 Å². The lowest BCUT2D eigenvalue weighted by molar-refractivity contribution is 0.0970. The van der Waals surface area contributed by atoms with Crippen LogP contribution in [0.1, 0.15) is 37.8 Å². The van der Waals surface area contributed by atoms with E-state index in [1.807, 2.05) is 25.5 Å². The highest BCUT2D eigenvalue weighted by Gasteiger charge is 2.27. The summed E-state index contributed by atoms with van der Waals surface area (Å²) < 4.78 is 26.1. The third-order valence-electron chi connectivity index (χ3n) is 3.35. The number of fused-ring (bicyclic) bond motifs is 1. The van der Waals surface area contributed by atoms with Crippen LogP contribution in [0, 0.1) is 5.41 Å². The Morgan fingerprint density at radius 3 is 2.45 bits per heavy atom. The SMILES string of the molecule is CCC(C)(C)CS(=O)(=O)NC(=O)c1nnc2ccccc2n1. The van der Waals surface area contributed by atoms with Crippen LogP contribution < -0.4 is 4.72 Å². The minimum Gasteiger partial charge on any atom is -0.264 e. The van der Waals surface area contributed by atoms with E-state index in [0.29, 0.717) is 17.5 Å². The number of para-hydroxylation sites is 1. The van der Waals surface area contributed by atoms with E-state index in [9.17, 15) is 13.2 Å². The quantitative estimate of drug-likeness (QED) is 0.895. The molecule has 0 aliphatic heterocycles. The molecule has 0 radical (unpaired) electrons. The van der Waals surface area contributed by atoms with E-state index in [0.717, 1.165) is 0 Å². The van der Waals surface area contributed by atoms with Crippen molar-refractivity contribution < 1.29 is 13.2 Å². The molecule has 8 heteroatoms. The lowest BCUT2D eigenvalue weighted by Gasteiger charge is -2.21. The van der Waals surface area contributed by atoms with Gasteiger partial charge < -0.3 is 0 Å². The summed E-state index contributed by atoms with van der Waals surface area (Å²) in [6.45, 7) is 5.54. The number of sulfonamides is 1. The van der Waals surface area contributed by atoms with Crippen LogP contribution in [0.4, 0.5) is 0 Å². The highest BCUT2D eigenvalue weighted by molar-refractivity contribution is 7.90. The van der Waals surface area contributed by atoms with E-state index in [4.69, 9.17) is 0 Å². The number of hydrogen-bond acceptors (Lipinski definition) is 6. The maximum absolute atomic E-state index is 12.0. The Morgan fingerprint density at radius 1 is 1.18 bits per heavy atom. The molecule has 2 aromatic rings. The van der Waals surface area contributed by atoms with Crippen molar-refractivity contribution in [3.05, 3.63) is 30.1 Å². The lowest BCUT2D eigenvalue weighted by Crippen LogP contribution is -2.38. The Bertz CT molecular complexity index is 803. The number of nitrogens with one attached hydrogen (secondary N) is 1. The summed E-state index contributed by atoms with van der Waals surface area (Å²) in [4.78, 5) is 16.0. The summed E-state index contributed by atoms with van der Waals surface area (Å²) >= 11 is 0. The Hall–Kier alpha value is -2.09. The van der Waals surface area contributed by atoms with Crippen molar-refractivity contribution in [2.75, 3.05) is 5.75 Å². The van der Waals surface area contributed by atoms with Gasteiger partial charge in [0.15, 0.2) is 0 Å². The monoisotopic (exact) mass is 322 g/mol. The zero-order valence-electron chi connectivity index (χ0n) is 12.7. The molecule has 0 aliphatic rings. The van der Waals surface area contributed by atoms with Gasteiger partial charge in [0.25, 0.3) is 0 Å². The number of aromatic nitrogens is 3. The molecule has 0 fully saturated rings. The van der Waals surface area contributed by atoms with Gasteiger partial charge in [-0.3, -0.25) is 4.79 Å². The van der Waals surface area contributed by atoms with E-state index in [1.54, 1.807) is 24.3 Å². The van der Waals surface area contributed by atoms with Crippen molar-refractivity contribution >= 4 is 27.0 Å². The van der Waals surface area contributed by atoms with Crippen LogP contribution in [0.2, 0.25) is 0 Å². The second-order valence-electron chi connectivity index (χ2n) is 5.83. The van der Waals surface area contributed by atoms with E-state index in [2.05, 4.69) is 15.2 Å². The van der Waals surface area contributed by atoms with Crippen LogP contribution in [0.25, 0.3) is 11.0 Å². The van der Waals surface area contributed by atoms with E-state index in [-0.39, 0.29) is 11.6 Å². The second kappa shape index (κ2) is 5.96. The lowest BCUT2D eigenvalue weighted by atomic mass is 9.93. The van der Waals surface area contributed by atoms with Crippen molar-refractivity contribution in [2.24, 2.45) is 5.41 Å². The second-order valence-corrected chi connectivity index (χ2v) is 7.55. The first-order chi connectivity index (χ1) is 10.2. The molecule has 7 nitrogen and oxygen atoms in total. The average molecular weight is 322 g/mol. The van der Waals surface area contributed by atoms with Gasteiger partial charge >= 0.3 is 5.91 Å². The maximum atomic E-state index is 12.0. The Kier molecular flexibility index (Phi) is 4.41. The Labute approximate surface area is 129 Å². The minimum absolute atomic E-state index is 0.150. The molecule has 118 valence electrons. The van der Waals surface area contributed by atoms with Crippen LogP contribution >= 0.6 is 0 Å². The van der Waals surface area contributed by atoms with Gasteiger partial charge in [0.05, 0.1) is 11.3 Å². The predicted molar refractivity (Wildman–Crippen MR) is 82.7 cm³/mol. The fourth-order valence-corrected chi connectivity index (χ4v) is 3.50. The first-order valence-corrected chi connectivity index (χ1v) is 8.52. The fourth-order valence-electron chi connectivity index (χ4n) is 1.82. The van der Waals surface area contributed by atoms with Crippen molar-refractivity contribution in [1.82, 2.24) is 19.9 Å². The first-order valence-electron chi connectivity index (χ1n) is 6.87. The Balaban J connectivity index is 2.20. The summed E-state index contributed by atoms with van der Waals surface area (Å²) in [6, 6.07) is 6.90. The Morgan fingerprint density at radius 2 is 1.82 bits per heavy atom. The van der Waals surface area contributed by atoms with Gasteiger partial charge in [-0.05, 0) is 24.0 Å². The summed E-state index contributed by atoms with van der Waals surface area (Å²) in [5.74, 6) is -1.29. The molecular formula is C14H18N4O3S. The molecule has 2 rings (SSSR count). The first kappa shape index (κ1) is 16.3. The van der Waals surface area contributed by atoms with Crippen LogP contribution in [-0.4, -0.2) is 35.3 Å². The minimum atomic E-state index is -3.76. The normalized spacial score (nSPS) is 12.3. The topological polar surface area (TPSA) is 102 Å². The highest BCUT2D eigenvalue weighted by Crippen LogP contribution is 2.21. The van der Waals surface area contributed by atoms with Crippen molar-refractivity contribution in [1.29, 1.82) is 0 Å². The van der Waals surface area contributed by atoms with E-state index >= 15 is 0 Å². The third-order valence-corrected chi connectivity index (χ3v) is 5.01. The van der Waals surface area contributed by atoms with Crippen molar-refractivity contribution in [2.45, 2.75) is 27.2 Å². The summed E-state index contributed by atoms with van der Waals surface area (Å²) in [7, 11) is -3.76. The summed E-state index contributed by atoms with van der Waals surface area (Å²) in [6.07, 6.45) is 0.677. The molecule has 1 N–H and O–H groups in total. The molecule has 0 aliphatic carbocycles. The highest BCUT2D eigenvalue weighted by atomic mass is 32.2. The smallest absolute Gasteiger partial charge is 0.264 e. The molecule has 0 saturated carbocycles. The number of carbonyl (C=O) groups excluding carboxylic acids is 1. The van der Waals surface area contributed by atoms with Gasteiger partial charge in [-0.1, -0.05) is 32.9 Å². The number of nitrogens with zero attached hydrogens (tertiary/aromatic N) is 3. The molecule has 1 amide bonds. The number of amides is 1. The van der Waals surface area contributed by atoms with Gasteiger partial charge in [0, 0.05) is 0 Å². The van der Waals surface area contributed by atoms with Crippen molar-refractivity contribution in [3.8, 4) is 0 Å². The molecular weight excluding hydrogens is 304 g/mol. The predicted octanol–water partition coefficient (Wildman–Crippen LogP) is 1.52. The zero-order valence-corrected chi connectivity index (χ0v) is 13.5. The van der Waals surface area contributed by atoms with Gasteiger partial charge in [0.1, 0.15) is 5.52 Å². The molecule has 1 aromatic carbocycles. The van der Waals surface area contributed by atoms with Crippen LogP contribution in [-0.2, 0) is 10.0 Å². The van der Waals surface area contributed by atoms with Crippen molar-refractivity contribution in [3.63, 3.8) is 0 Å². The standard InChI is InChI=1S/C14H18N4O3S/c1-4-14(2,3)9-22(20,21)18-13(19)12-15-10-7-5-6-8-11(10)16-17-12/h5-8H,4,9H2,1-3H3,(H,18,19). The van der Waals surface area contributed by atoms with Gasteiger partial charge in [-0.15, -0.1) is 10.2 Å². The van der Waals surface area contributed by atoms with E-state index < -0.39 is 21.3 Å².